The first-order valence-electron chi connectivity index (χ1n) is 3.45. The summed E-state index contributed by atoms with van der Waals surface area (Å²) in [4.78, 5) is 12.5. The van der Waals surface area contributed by atoms with Crippen molar-refractivity contribution < 1.29 is 4.79 Å². The summed E-state index contributed by atoms with van der Waals surface area (Å²) in [5.74, 6) is -0.589. The van der Waals surface area contributed by atoms with Gasteiger partial charge in [0, 0.05) is 0 Å². The highest BCUT2D eigenvalue weighted by Gasteiger charge is 2.28. The normalized spacial score (nSPS) is 16.1. The van der Waals surface area contributed by atoms with Gasteiger partial charge >= 0.3 is 0 Å². The molecule has 6 heteroatoms. The molecule has 13 heavy (non-hydrogen) atoms. The molecule has 0 radical (unpaired) electrons. The van der Waals surface area contributed by atoms with Crippen LogP contribution < -0.4 is 0 Å². The van der Waals surface area contributed by atoms with E-state index in [1.165, 1.54) is 16.7 Å². The van der Waals surface area contributed by atoms with E-state index in [1.807, 2.05) is 0 Å². The van der Waals surface area contributed by atoms with E-state index in [9.17, 15) is 4.79 Å². The second kappa shape index (κ2) is 4.22. The van der Waals surface area contributed by atoms with Crippen LogP contribution in [0.15, 0.2) is 0 Å². The van der Waals surface area contributed by atoms with Crippen molar-refractivity contribution in [2.75, 3.05) is 12.3 Å². The van der Waals surface area contributed by atoms with E-state index in [4.69, 9.17) is 22.7 Å². The zero-order valence-corrected chi connectivity index (χ0v) is 8.19. The molecule has 1 saturated heterocycles. The maximum Gasteiger partial charge on any atom is 0.238 e. The van der Waals surface area contributed by atoms with Gasteiger partial charge in [0.2, 0.25) is 5.91 Å². The molecule has 1 aliphatic heterocycles. The molecule has 1 heterocycles. The number of carbonyl (C=O) groups excluding carboxylic acids is 1. The molecule has 1 rings (SSSR count). The third-order valence-electron chi connectivity index (χ3n) is 1.52. The highest BCUT2D eigenvalue weighted by molar-refractivity contribution is 8.23. The van der Waals surface area contributed by atoms with Crippen LogP contribution in [0.2, 0.25) is 0 Å². The number of rotatable bonds is 2. The van der Waals surface area contributed by atoms with Gasteiger partial charge in [0.05, 0.1) is 24.4 Å². The Labute approximate surface area is 85.1 Å². The summed E-state index contributed by atoms with van der Waals surface area (Å²) in [6, 6.07) is 3.59. The summed E-state index contributed by atoms with van der Waals surface area (Å²) in [5.41, 5.74) is 0. The molecule has 0 aromatic rings. The topological polar surface area (TPSA) is 67.9 Å². The van der Waals surface area contributed by atoms with Gasteiger partial charge in [0.1, 0.15) is 4.32 Å². The van der Waals surface area contributed by atoms with Crippen molar-refractivity contribution in [3.05, 3.63) is 0 Å². The first-order valence-corrected chi connectivity index (χ1v) is 4.84. The highest BCUT2D eigenvalue weighted by Crippen LogP contribution is 2.20. The van der Waals surface area contributed by atoms with Crippen LogP contribution in [0.3, 0.4) is 0 Å². The van der Waals surface area contributed by atoms with Crippen LogP contribution in [0.4, 0.5) is 0 Å². The standard InChI is InChI=1S/C7H5N3OS2/c8-1-5(2-9)3-10-6(11)4-13-7(10)12/h5H,3-4H2. The third-order valence-corrected chi connectivity index (χ3v) is 2.95. The van der Waals surface area contributed by atoms with E-state index >= 15 is 0 Å². The molecule has 0 atom stereocenters. The maximum absolute atomic E-state index is 11.2. The molecular formula is C7H5N3OS2. The van der Waals surface area contributed by atoms with Crippen LogP contribution >= 0.6 is 24.0 Å². The highest BCUT2D eigenvalue weighted by atomic mass is 32.2. The van der Waals surface area contributed by atoms with E-state index in [0.29, 0.717) is 10.1 Å². The van der Waals surface area contributed by atoms with Crippen LogP contribution in [-0.2, 0) is 4.79 Å². The lowest BCUT2D eigenvalue weighted by atomic mass is 10.2. The van der Waals surface area contributed by atoms with E-state index in [1.54, 1.807) is 12.1 Å². The molecule has 0 unspecified atom stereocenters. The van der Waals surface area contributed by atoms with Gasteiger partial charge in [-0.1, -0.05) is 24.0 Å². The Morgan fingerprint density at radius 3 is 2.62 bits per heavy atom. The molecule has 0 bridgehead atoms. The zero-order valence-electron chi connectivity index (χ0n) is 6.56. The van der Waals surface area contributed by atoms with Crippen molar-refractivity contribution in [2.24, 2.45) is 5.92 Å². The zero-order chi connectivity index (χ0) is 9.84. The van der Waals surface area contributed by atoms with Gasteiger partial charge in [-0.25, -0.2) is 0 Å². The van der Waals surface area contributed by atoms with E-state index in [-0.39, 0.29) is 12.5 Å². The first-order chi connectivity index (χ1) is 6.19. The molecule has 0 aromatic heterocycles. The lowest BCUT2D eigenvalue weighted by Gasteiger charge is -2.14. The second-order valence-corrected chi connectivity index (χ2v) is 3.98. The van der Waals surface area contributed by atoms with Crippen molar-refractivity contribution in [3.63, 3.8) is 0 Å². The third kappa shape index (κ3) is 2.18. The van der Waals surface area contributed by atoms with Crippen LogP contribution in [0.5, 0.6) is 0 Å². The fourth-order valence-electron chi connectivity index (χ4n) is 0.851. The SMILES string of the molecule is N#CC(C#N)CN1C(=O)CSC1=S. The average molecular weight is 211 g/mol. The van der Waals surface area contributed by atoms with Gasteiger partial charge in [-0.05, 0) is 0 Å². The minimum absolute atomic E-state index is 0.0949. The molecule has 0 spiro atoms. The van der Waals surface area contributed by atoms with E-state index < -0.39 is 5.92 Å². The number of nitrogens with zero attached hydrogens (tertiary/aromatic N) is 3. The predicted molar refractivity (Wildman–Crippen MR) is 51.5 cm³/mol. The number of nitriles is 2. The lowest BCUT2D eigenvalue weighted by Crippen LogP contribution is -2.32. The largest absolute Gasteiger partial charge is 0.295 e. The van der Waals surface area contributed by atoms with Crippen LogP contribution in [0, 0.1) is 28.6 Å². The smallest absolute Gasteiger partial charge is 0.238 e. The Kier molecular flexibility index (Phi) is 3.24. The molecular weight excluding hydrogens is 206 g/mol. The Morgan fingerprint density at radius 2 is 2.23 bits per heavy atom. The van der Waals surface area contributed by atoms with Crippen molar-refractivity contribution in [3.8, 4) is 12.1 Å². The molecule has 0 aliphatic carbocycles. The van der Waals surface area contributed by atoms with Gasteiger partial charge in [-0.2, -0.15) is 10.5 Å². The number of amides is 1. The van der Waals surface area contributed by atoms with Gasteiger partial charge in [-0.15, -0.1) is 0 Å². The minimum Gasteiger partial charge on any atom is -0.295 e. The second-order valence-electron chi connectivity index (χ2n) is 2.37. The van der Waals surface area contributed by atoms with Crippen LogP contribution in [0.1, 0.15) is 0 Å². The van der Waals surface area contributed by atoms with Crippen molar-refractivity contribution in [1.29, 1.82) is 10.5 Å². The quantitative estimate of drug-likeness (QED) is 0.622. The van der Waals surface area contributed by atoms with Gasteiger partial charge in [0.25, 0.3) is 0 Å². The predicted octanol–water partition coefficient (Wildman–Crippen LogP) is 0.510. The summed E-state index contributed by atoms with van der Waals surface area (Å²) >= 11 is 6.15. The molecule has 0 N–H and O–H groups in total. The molecule has 4 nitrogen and oxygen atoms in total. The molecule has 0 aromatic carbocycles. The molecule has 1 fully saturated rings. The summed E-state index contributed by atoms with van der Waals surface area (Å²) in [6.07, 6.45) is 0. The lowest BCUT2D eigenvalue weighted by molar-refractivity contribution is -0.124. The number of thioether (sulfide) groups is 1. The monoisotopic (exact) mass is 211 g/mol. The Balaban J connectivity index is 2.64. The number of thiocarbonyl (C=S) groups is 1. The van der Waals surface area contributed by atoms with E-state index in [2.05, 4.69) is 0 Å². The molecule has 1 aliphatic rings. The average Bonchev–Trinajstić information content (AvgIpc) is 2.44. The Bertz CT molecular complexity index is 298. The summed E-state index contributed by atoms with van der Waals surface area (Å²) in [5, 5.41) is 17.0. The van der Waals surface area contributed by atoms with Crippen LogP contribution in [-0.4, -0.2) is 27.4 Å². The van der Waals surface area contributed by atoms with Crippen molar-refractivity contribution >= 4 is 34.2 Å². The first kappa shape index (κ1) is 9.97. The van der Waals surface area contributed by atoms with E-state index in [0.717, 1.165) is 0 Å². The summed E-state index contributed by atoms with van der Waals surface area (Å²) < 4.78 is 0.459. The van der Waals surface area contributed by atoms with Crippen molar-refractivity contribution in [2.45, 2.75) is 0 Å². The van der Waals surface area contributed by atoms with Gasteiger partial charge in [0.15, 0.2) is 5.92 Å². The summed E-state index contributed by atoms with van der Waals surface area (Å²) in [6.45, 7) is 0.0949. The minimum atomic E-state index is -0.791. The maximum atomic E-state index is 11.2. The number of carbonyl (C=O) groups is 1. The van der Waals surface area contributed by atoms with Crippen molar-refractivity contribution in [1.82, 2.24) is 4.90 Å². The fraction of sp³-hybridized carbons (Fsp3) is 0.429. The Hall–Kier alpha value is -1.11. The van der Waals surface area contributed by atoms with Gasteiger partial charge in [-0.3, -0.25) is 9.69 Å². The number of hydrogen-bond acceptors (Lipinski definition) is 5. The number of hydrogen-bond donors (Lipinski definition) is 0. The fourth-order valence-corrected chi connectivity index (χ4v) is 1.94. The summed E-state index contributed by atoms with van der Waals surface area (Å²) in [7, 11) is 0. The van der Waals surface area contributed by atoms with Crippen LogP contribution in [0.25, 0.3) is 0 Å². The molecule has 1 amide bonds. The Morgan fingerprint density at radius 1 is 1.62 bits per heavy atom. The van der Waals surface area contributed by atoms with Gasteiger partial charge < -0.3 is 0 Å². The molecule has 0 saturated carbocycles. The molecule has 66 valence electrons.